The largest absolute Gasteiger partial charge is 0.493 e. The Labute approximate surface area is 115 Å². The van der Waals surface area contributed by atoms with Gasteiger partial charge in [-0.2, -0.15) is 13.2 Å². The number of hydrogen-bond donors (Lipinski definition) is 1. The summed E-state index contributed by atoms with van der Waals surface area (Å²) < 4.78 is 41.7. The molecule has 0 fully saturated rings. The predicted octanol–water partition coefficient (Wildman–Crippen LogP) is 3.88. The van der Waals surface area contributed by atoms with Crippen molar-refractivity contribution >= 4 is 28.0 Å². The van der Waals surface area contributed by atoms with Gasteiger partial charge in [0, 0.05) is 16.1 Å². The molecule has 7 heteroatoms. The zero-order chi connectivity index (χ0) is 14.5. The number of rotatable bonds is 5. The average Bonchev–Trinajstić information content (AvgIpc) is 2.27. The molecule has 1 N–H and O–H groups in total. The Bertz CT molecular complexity index is 484. The number of halogens is 4. The van der Waals surface area contributed by atoms with Crippen molar-refractivity contribution in [3.05, 3.63) is 34.3 Å². The number of carboxylic acids is 1. The van der Waals surface area contributed by atoms with Crippen LogP contribution in [0.3, 0.4) is 0 Å². The van der Waals surface area contributed by atoms with Crippen LogP contribution >= 0.6 is 15.9 Å². The van der Waals surface area contributed by atoms with Crippen molar-refractivity contribution < 1.29 is 27.8 Å². The van der Waals surface area contributed by atoms with E-state index in [2.05, 4.69) is 15.9 Å². The van der Waals surface area contributed by atoms with Crippen molar-refractivity contribution in [1.82, 2.24) is 0 Å². The van der Waals surface area contributed by atoms with Gasteiger partial charge < -0.3 is 9.84 Å². The first-order valence-corrected chi connectivity index (χ1v) is 5.97. The van der Waals surface area contributed by atoms with Gasteiger partial charge >= 0.3 is 12.1 Å². The van der Waals surface area contributed by atoms with Crippen LogP contribution in [0.15, 0.2) is 28.7 Å². The maximum atomic E-state index is 12.0. The fourth-order valence-corrected chi connectivity index (χ4v) is 1.60. The quantitative estimate of drug-likeness (QED) is 0.829. The number of ether oxygens (including phenoxy) is 1. The van der Waals surface area contributed by atoms with E-state index in [1.807, 2.05) is 0 Å². The first-order chi connectivity index (χ1) is 8.78. The Hall–Kier alpha value is -1.50. The minimum atomic E-state index is -4.29. The highest BCUT2D eigenvalue weighted by molar-refractivity contribution is 9.10. The fourth-order valence-electron chi connectivity index (χ4n) is 1.22. The van der Waals surface area contributed by atoms with Gasteiger partial charge in [0.25, 0.3) is 0 Å². The number of carbonyl (C=O) groups is 1. The van der Waals surface area contributed by atoms with Crippen molar-refractivity contribution in [2.75, 3.05) is 6.61 Å². The summed E-state index contributed by atoms with van der Waals surface area (Å²) in [5.74, 6) is -0.953. The lowest BCUT2D eigenvalue weighted by Crippen LogP contribution is -2.13. The van der Waals surface area contributed by atoms with E-state index in [0.717, 1.165) is 6.08 Å². The third-order valence-corrected chi connectivity index (χ3v) is 2.51. The van der Waals surface area contributed by atoms with E-state index in [9.17, 15) is 18.0 Å². The standard InChI is InChI=1S/C12H10BrF3O3/c13-9-2-3-10(19-6-5-12(14,15)16)8(7-9)1-4-11(17)18/h1-4,7H,5-6H2,(H,17,18). The minimum absolute atomic E-state index is 0.199. The number of aliphatic carboxylic acids is 1. The summed E-state index contributed by atoms with van der Waals surface area (Å²) in [4.78, 5) is 10.4. The van der Waals surface area contributed by atoms with Gasteiger partial charge in [0.05, 0.1) is 13.0 Å². The van der Waals surface area contributed by atoms with Crippen molar-refractivity contribution in [3.8, 4) is 5.75 Å². The molecule has 0 bridgehead atoms. The van der Waals surface area contributed by atoms with E-state index in [1.54, 1.807) is 12.1 Å². The number of carboxylic acid groups (broad SMARTS) is 1. The van der Waals surface area contributed by atoms with Crippen molar-refractivity contribution in [2.45, 2.75) is 12.6 Å². The molecule has 0 saturated heterocycles. The topological polar surface area (TPSA) is 46.5 Å². The van der Waals surface area contributed by atoms with Gasteiger partial charge in [0.2, 0.25) is 0 Å². The van der Waals surface area contributed by atoms with Gasteiger partial charge in [-0.25, -0.2) is 4.79 Å². The Kier molecular flexibility index (Phi) is 5.41. The second-order valence-electron chi connectivity index (χ2n) is 3.57. The van der Waals surface area contributed by atoms with Gasteiger partial charge in [-0.15, -0.1) is 0 Å². The highest BCUT2D eigenvalue weighted by atomic mass is 79.9. The summed E-state index contributed by atoms with van der Waals surface area (Å²) in [5, 5.41) is 8.53. The molecule has 0 aliphatic carbocycles. The summed E-state index contributed by atoms with van der Waals surface area (Å²) in [6, 6.07) is 4.63. The lowest BCUT2D eigenvalue weighted by Gasteiger charge is -2.11. The molecule has 0 heterocycles. The third-order valence-electron chi connectivity index (χ3n) is 2.02. The van der Waals surface area contributed by atoms with E-state index in [0.29, 0.717) is 10.0 Å². The van der Waals surface area contributed by atoms with Gasteiger partial charge in [0.1, 0.15) is 5.75 Å². The zero-order valence-electron chi connectivity index (χ0n) is 9.58. The van der Waals surface area contributed by atoms with Gasteiger partial charge in [-0.3, -0.25) is 0 Å². The molecule has 1 aromatic carbocycles. The lowest BCUT2D eigenvalue weighted by molar-refractivity contribution is -0.139. The monoisotopic (exact) mass is 338 g/mol. The van der Waals surface area contributed by atoms with Crippen LogP contribution in [0.1, 0.15) is 12.0 Å². The van der Waals surface area contributed by atoms with E-state index in [1.165, 1.54) is 12.1 Å². The molecule has 104 valence electrons. The van der Waals surface area contributed by atoms with E-state index >= 15 is 0 Å². The molecule has 3 nitrogen and oxygen atoms in total. The molecular weight excluding hydrogens is 329 g/mol. The molecule has 1 aromatic rings. The van der Waals surface area contributed by atoms with Gasteiger partial charge in [-0.05, 0) is 24.3 Å². The third kappa shape index (κ3) is 6.28. The molecule has 0 spiro atoms. The Morgan fingerprint density at radius 1 is 1.42 bits per heavy atom. The second-order valence-corrected chi connectivity index (χ2v) is 4.48. The first-order valence-electron chi connectivity index (χ1n) is 5.18. The molecule has 0 aromatic heterocycles. The summed E-state index contributed by atoms with van der Waals surface area (Å²) >= 11 is 3.19. The maximum absolute atomic E-state index is 12.0. The highest BCUT2D eigenvalue weighted by Crippen LogP contribution is 2.26. The van der Waals surface area contributed by atoms with E-state index < -0.39 is 25.2 Å². The van der Waals surface area contributed by atoms with Crippen LogP contribution in [0.2, 0.25) is 0 Å². The van der Waals surface area contributed by atoms with E-state index in [4.69, 9.17) is 9.84 Å². The van der Waals surface area contributed by atoms with Crippen LogP contribution in [-0.2, 0) is 4.79 Å². The fraction of sp³-hybridized carbons (Fsp3) is 0.250. The molecule has 0 radical (unpaired) electrons. The summed E-state index contributed by atoms with van der Waals surface area (Å²) in [7, 11) is 0. The van der Waals surface area contributed by atoms with Crippen LogP contribution in [-0.4, -0.2) is 23.9 Å². The Balaban J connectivity index is 2.79. The number of benzene rings is 1. The molecule has 0 unspecified atom stereocenters. The molecule has 19 heavy (non-hydrogen) atoms. The van der Waals surface area contributed by atoms with E-state index in [-0.39, 0.29) is 5.75 Å². The maximum Gasteiger partial charge on any atom is 0.392 e. The van der Waals surface area contributed by atoms with Crippen LogP contribution in [0.5, 0.6) is 5.75 Å². The Morgan fingerprint density at radius 2 is 2.11 bits per heavy atom. The van der Waals surface area contributed by atoms with Crippen LogP contribution in [0.25, 0.3) is 6.08 Å². The number of hydrogen-bond acceptors (Lipinski definition) is 2. The molecule has 0 aliphatic rings. The average molecular weight is 339 g/mol. The van der Waals surface area contributed by atoms with Crippen LogP contribution in [0.4, 0.5) is 13.2 Å². The molecule has 0 saturated carbocycles. The smallest absolute Gasteiger partial charge is 0.392 e. The molecule has 1 rings (SSSR count). The van der Waals surface area contributed by atoms with Crippen LogP contribution < -0.4 is 4.74 Å². The SMILES string of the molecule is O=C(O)C=Cc1cc(Br)ccc1OCCC(F)(F)F. The van der Waals surface area contributed by atoms with Crippen molar-refractivity contribution in [3.63, 3.8) is 0 Å². The first kappa shape index (κ1) is 15.6. The second kappa shape index (κ2) is 6.60. The van der Waals surface area contributed by atoms with Crippen molar-refractivity contribution in [1.29, 1.82) is 0 Å². The zero-order valence-corrected chi connectivity index (χ0v) is 11.2. The summed E-state index contributed by atoms with van der Waals surface area (Å²) in [5.41, 5.74) is 0.388. The normalized spacial score (nSPS) is 11.8. The van der Waals surface area contributed by atoms with Crippen molar-refractivity contribution in [2.24, 2.45) is 0 Å². The van der Waals surface area contributed by atoms with Gasteiger partial charge in [0.15, 0.2) is 0 Å². The molecule has 0 aliphatic heterocycles. The summed E-state index contributed by atoms with van der Waals surface area (Å²) in [6.45, 7) is -0.515. The summed E-state index contributed by atoms with van der Waals surface area (Å²) in [6.07, 6.45) is -3.20. The predicted molar refractivity (Wildman–Crippen MR) is 67.0 cm³/mol. The molecule has 0 atom stereocenters. The lowest BCUT2D eigenvalue weighted by atomic mass is 10.2. The molecular formula is C12H10BrF3O3. The minimum Gasteiger partial charge on any atom is -0.493 e. The highest BCUT2D eigenvalue weighted by Gasteiger charge is 2.26. The van der Waals surface area contributed by atoms with Crippen LogP contribution in [0, 0.1) is 0 Å². The Morgan fingerprint density at radius 3 is 2.68 bits per heavy atom. The molecule has 0 amide bonds. The van der Waals surface area contributed by atoms with Gasteiger partial charge in [-0.1, -0.05) is 15.9 Å². The number of alkyl halides is 3.